The summed E-state index contributed by atoms with van der Waals surface area (Å²) < 4.78 is 54.9. The Bertz CT molecular complexity index is 1190. The summed E-state index contributed by atoms with van der Waals surface area (Å²) in [5.74, 6) is 0. The monoisotopic (exact) mass is 462 g/mol. The smallest absolute Gasteiger partial charge is 0.271 e. The number of benzene rings is 2. The summed E-state index contributed by atoms with van der Waals surface area (Å²) in [6.07, 6.45) is 0. The minimum atomic E-state index is -3.93. The summed E-state index contributed by atoms with van der Waals surface area (Å²) >= 11 is 12.5. The number of sulfonamides is 2. The molecule has 0 aliphatic carbocycles. The van der Waals surface area contributed by atoms with Crippen LogP contribution in [0.3, 0.4) is 0 Å². The van der Waals surface area contributed by atoms with Gasteiger partial charge in [0.2, 0.25) is 0 Å². The van der Waals surface area contributed by atoms with E-state index in [-0.39, 0.29) is 14.8 Å². The maximum atomic E-state index is 12.6. The lowest BCUT2D eigenvalue weighted by atomic mass is 10.3. The minimum Gasteiger partial charge on any atom is -0.280 e. The number of hydrogen-bond acceptors (Lipinski definition) is 5. The van der Waals surface area contributed by atoms with E-state index in [1.54, 1.807) is 18.2 Å². The van der Waals surface area contributed by atoms with Crippen molar-refractivity contribution >= 4 is 66.0 Å². The Kier molecular flexibility index (Phi) is 5.68. The molecule has 2 N–H and O–H groups in total. The molecule has 0 atom stereocenters. The first-order valence-corrected chi connectivity index (χ1v) is 11.9. The summed E-state index contributed by atoms with van der Waals surface area (Å²) in [6.45, 7) is 0. The second kappa shape index (κ2) is 7.69. The van der Waals surface area contributed by atoms with Crippen LogP contribution in [0, 0.1) is 0 Å². The van der Waals surface area contributed by atoms with E-state index in [1.807, 2.05) is 0 Å². The van der Waals surface area contributed by atoms with Crippen molar-refractivity contribution in [2.24, 2.45) is 0 Å². The number of thiophene rings is 1. The first-order valence-electron chi connectivity index (χ1n) is 7.32. The third kappa shape index (κ3) is 4.94. The van der Waals surface area contributed by atoms with Gasteiger partial charge in [0.05, 0.1) is 20.6 Å². The van der Waals surface area contributed by atoms with Gasteiger partial charge in [0, 0.05) is 5.02 Å². The van der Waals surface area contributed by atoms with Crippen LogP contribution >= 0.6 is 34.5 Å². The Labute approximate surface area is 170 Å². The lowest BCUT2D eigenvalue weighted by molar-refractivity contribution is 0.599. The largest absolute Gasteiger partial charge is 0.280 e. The molecule has 2 aromatic carbocycles. The van der Waals surface area contributed by atoms with Crippen molar-refractivity contribution in [2.45, 2.75) is 9.10 Å². The summed E-state index contributed by atoms with van der Waals surface area (Å²) in [4.78, 5) is -0.105. The molecular weight excluding hydrogens is 451 g/mol. The first kappa shape index (κ1) is 20.0. The van der Waals surface area contributed by atoms with Crippen molar-refractivity contribution in [1.82, 2.24) is 0 Å². The van der Waals surface area contributed by atoms with Gasteiger partial charge < -0.3 is 0 Å². The number of hydrogen-bond donors (Lipinski definition) is 2. The van der Waals surface area contributed by atoms with Crippen molar-refractivity contribution in [1.29, 1.82) is 0 Å². The van der Waals surface area contributed by atoms with Crippen LogP contribution in [-0.4, -0.2) is 16.8 Å². The van der Waals surface area contributed by atoms with E-state index < -0.39 is 20.0 Å². The maximum Gasteiger partial charge on any atom is 0.271 e. The molecule has 0 bridgehead atoms. The summed E-state index contributed by atoms with van der Waals surface area (Å²) in [7, 11) is -7.80. The van der Waals surface area contributed by atoms with E-state index in [2.05, 4.69) is 9.44 Å². The molecule has 1 aromatic heterocycles. The zero-order valence-electron chi connectivity index (χ0n) is 13.4. The lowest BCUT2D eigenvalue weighted by Gasteiger charge is -2.11. The van der Waals surface area contributed by atoms with E-state index in [9.17, 15) is 16.8 Å². The highest BCUT2D eigenvalue weighted by Crippen LogP contribution is 2.28. The van der Waals surface area contributed by atoms with Crippen LogP contribution in [0.2, 0.25) is 9.36 Å². The molecule has 3 aromatic rings. The van der Waals surface area contributed by atoms with Gasteiger partial charge in [-0.15, -0.1) is 11.3 Å². The molecule has 0 fully saturated rings. The number of nitrogens with one attached hydrogen (secondary N) is 2. The highest BCUT2D eigenvalue weighted by Gasteiger charge is 2.19. The molecule has 0 saturated carbocycles. The van der Waals surface area contributed by atoms with E-state index in [0.717, 1.165) is 11.3 Å². The molecule has 0 aliphatic heterocycles. The standard InChI is InChI=1S/C16H12Cl2N2O4S3/c17-11-3-1-4-12(9-11)19-26(21,22)14-6-2-5-13(10-14)20-27(23,24)16-8-7-15(18)25-16/h1-10,19-20H. The van der Waals surface area contributed by atoms with E-state index >= 15 is 0 Å². The molecule has 0 amide bonds. The maximum absolute atomic E-state index is 12.6. The van der Waals surface area contributed by atoms with Crippen molar-refractivity contribution in [3.8, 4) is 0 Å². The molecule has 0 unspecified atom stereocenters. The van der Waals surface area contributed by atoms with Gasteiger partial charge in [-0.1, -0.05) is 35.3 Å². The molecule has 0 saturated heterocycles. The third-order valence-electron chi connectivity index (χ3n) is 3.29. The van der Waals surface area contributed by atoms with E-state index in [0.29, 0.717) is 15.0 Å². The van der Waals surface area contributed by atoms with Gasteiger partial charge in [0.25, 0.3) is 20.0 Å². The van der Waals surface area contributed by atoms with Crippen LogP contribution in [-0.2, 0) is 20.0 Å². The summed E-state index contributed by atoms with van der Waals surface area (Å²) in [5, 5.41) is 0.381. The predicted molar refractivity (Wildman–Crippen MR) is 109 cm³/mol. The molecule has 11 heteroatoms. The molecular formula is C16H12Cl2N2O4S3. The second-order valence-electron chi connectivity index (χ2n) is 5.31. The van der Waals surface area contributed by atoms with Crippen LogP contribution in [0.5, 0.6) is 0 Å². The normalized spacial score (nSPS) is 11.9. The van der Waals surface area contributed by atoms with Crippen LogP contribution in [0.25, 0.3) is 0 Å². The zero-order valence-corrected chi connectivity index (χ0v) is 17.3. The van der Waals surface area contributed by atoms with Gasteiger partial charge in [0.1, 0.15) is 4.21 Å². The Morgan fingerprint density at radius 1 is 0.741 bits per heavy atom. The topological polar surface area (TPSA) is 92.3 Å². The van der Waals surface area contributed by atoms with Crippen molar-refractivity contribution in [3.05, 3.63) is 70.0 Å². The molecule has 27 heavy (non-hydrogen) atoms. The third-order valence-corrected chi connectivity index (χ3v) is 8.01. The number of anilines is 2. The van der Waals surface area contributed by atoms with Gasteiger partial charge in [-0.05, 0) is 48.5 Å². The number of halogens is 2. The Morgan fingerprint density at radius 2 is 1.37 bits per heavy atom. The lowest BCUT2D eigenvalue weighted by Crippen LogP contribution is -2.15. The van der Waals surface area contributed by atoms with E-state index in [4.69, 9.17) is 23.2 Å². The van der Waals surface area contributed by atoms with Crippen molar-refractivity contribution < 1.29 is 16.8 Å². The predicted octanol–water partition coefficient (Wildman–Crippen LogP) is 4.66. The Morgan fingerprint density at radius 3 is 2.00 bits per heavy atom. The van der Waals surface area contributed by atoms with Gasteiger partial charge in [-0.2, -0.15) is 0 Å². The Balaban J connectivity index is 1.86. The van der Waals surface area contributed by atoms with Crippen LogP contribution in [0.1, 0.15) is 0 Å². The highest BCUT2D eigenvalue weighted by molar-refractivity contribution is 7.94. The van der Waals surface area contributed by atoms with Crippen LogP contribution in [0.4, 0.5) is 11.4 Å². The summed E-state index contributed by atoms with van der Waals surface area (Å²) in [5.41, 5.74) is 0.398. The number of rotatable bonds is 6. The molecule has 6 nitrogen and oxygen atoms in total. The molecule has 142 valence electrons. The van der Waals surface area contributed by atoms with E-state index in [1.165, 1.54) is 42.5 Å². The minimum absolute atomic E-state index is 0.0258. The van der Waals surface area contributed by atoms with Crippen molar-refractivity contribution in [2.75, 3.05) is 9.44 Å². The first-order chi connectivity index (χ1) is 12.7. The molecule has 3 rings (SSSR count). The quantitative estimate of drug-likeness (QED) is 0.556. The van der Waals surface area contributed by atoms with Crippen LogP contribution in [0.15, 0.2) is 69.8 Å². The fraction of sp³-hybridized carbons (Fsp3) is 0. The zero-order chi connectivity index (χ0) is 19.7. The highest BCUT2D eigenvalue weighted by atomic mass is 35.5. The van der Waals surface area contributed by atoms with Gasteiger partial charge in [-0.25, -0.2) is 16.8 Å². The molecule has 1 heterocycles. The summed E-state index contributed by atoms with van der Waals surface area (Å²) in [6, 6.07) is 14.5. The SMILES string of the molecule is O=S(=O)(Nc1cccc(Cl)c1)c1cccc(NS(=O)(=O)c2ccc(Cl)s2)c1. The second-order valence-corrected chi connectivity index (χ2v) is 11.1. The molecule has 0 radical (unpaired) electrons. The fourth-order valence-corrected chi connectivity index (χ4v) is 5.96. The van der Waals surface area contributed by atoms with Crippen molar-refractivity contribution in [3.63, 3.8) is 0 Å². The average Bonchev–Trinajstić information content (AvgIpc) is 3.02. The average molecular weight is 463 g/mol. The van der Waals surface area contributed by atoms with Crippen LogP contribution < -0.4 is 9.44 Å². The Hall–Kier alpha value is -1.78. The fourth-order valence-electron chi connectivity index (χ4n) is 2.14. The molecule has 0 spiro atoms. The van der Waals surface area contributed by atoms with Gasteiger partial charge in [-0.3, -0.25) is 9.44 Å². The molecule has 0 aliphatic rings. The van der Waals surface area contributed by atoms with Gasteiger partial charge in [0.15, 0.2) is 0 Å². The van der Waals surface area contributed by atoms with Gasteiger partial charge >= 0.3 is 0 Å².